The third-order valence-electron chi connectivity index (χ3n) is 1.55. The molecule has 2 atom stereocenters. The average molecular weight is 228 g/mol. The maximum Gasteiger partial charge on any atom is 0.0213 e. The van der Waals surface area contributed by atoms with Crippen molar-refractivity contribution >= 4 is 31.9 Å². The van der Waals surface area contributed by atoms with Crippen LogP contribution in [0.4, 0.5) is 0 Å². The first-order valence-electron chi connectivity index (χ1n) is 2.39. The molecule has 42 valence electrons. The minimum Gasteiger partial charge on any atom is -0.0922 e. The van der Waals surface area contributed by atoms with Crippen LogP contribution in [0.15, 0.2) is 0 Å². The van der Waals surface area contributed by atoms with Gasteiger partial charge in [0.15, 0.2) is 0 Å². The Balaban J connectivity index is 2.36. The van der Waals surface area contributed by atoms with Crippen molar-refractivity contribution in [1.29, 1.82) is 0 Å². The highest BCUT2D eigenvalue weighted by atomic mass is 79.9. The second-order valence-electron chi connectivity index (χ2n) is 2.46. The summed E-state index contributed by atoms with van der Waals surface area (Å²) in [5.41, 5.74) is 0.583. The molecule has 1 aliphatic carbocycles. The predicted molar refractivity (Wildman–Crippen MR) is 39.2 cm³/mol. The number of hydrogen-bond acceptors (Lipinski definition) is 0. The Kier molecular flexibility index (Phi) is 1.50. The van der Waals surface area contributed by atoms with E-state index in [-0.39, 0.29) is 0 Å². The highest BCUT2D eigenvalue weighted by molar-refractivity contribution is 9.10. The molecule has 0 N–H and O–H groups in total. The van der Waals surface area contributed by atoms with Crippen molar-refractivity contribution in [3.8, 4) is 0 Å². The van der Waals surface area contributed by atoms with Crippen molar-refractivity contribution < 1.29 is 0 Å². The van der Waals surface area contributed by atoms with Gasteiger partial charge in [-0.05, 0) is 11.8 Å². The summed E-state index contributed by atoms with van der Waals surface area (Å²) in [7, 11) is 0. The maximum absolute atomic E-state index is 3.53. The summed E-state index contributed by atoms with van der Waals surface area (Å²) in [5, 5.41) is 1.13. The van der Waals surface area contributed by atoms with Crippen LogP contribution in [0, 0.1) is 5.41 Å². The van der Waals surface area contributed by atoms with E-state index in [1.165, 1.54) is 6.42 Å². The number of halogens is 2. The Labute approximate surface area is 60.9 Å². The minimum absolute atomic E-state index is 0.583. The van der Waals surface area contributed by atoms with Crippen LogP contribution in [0.1, 0.15) is 13.3 Å². The van der Waals surface area contributed by atoms with Gasteiger partial charge >= 0.3 is 0 Å². The van der Waals surface area contributed by atoms with E-state index >= 15 is 0 Å². The van der Waals surface area contributed by atoms with E-state index in [2.05, 4.69) is 38.8 Å². The van der Waals surface area contributed by atoms with Crippen LogP contribution in [-0.2, 0) is 0 Å². The van der Waals surface area contributed by atoms with E-state index in [1.54, 1.807) is 0 Å². The molecule has 0 bridgehead atoms. The summed E-state index contributed by atoms with van der Waals surface area (Å²) in [5.74, 6) is 0. The molecular weight excluding hydrogens is 220 g/mol. The number of rotatable bonds is 1. The zero-order valence-corrected chi connectivity index (χ0v) is 7.42. The van der Waals surface area contributed by atoms with Gasteiger partial charge in [0.05, 0.1) is 0 Å². The average Bonchev–Trinajstić information content (AvgIpc) is 2.18. The van der Waals surface area contributed by atoms with Gasteiger partial charge < -0.3 is 0 Å². The summed E-state index contributed by atoms with van der Waals surface area (Å²) in [4.78, 5) is 0.777. The molecule has 0 aromatic carbocycles. The van der Waals surface area contributed by atoms with Crippen molar-refractivity contribution in [2.24, 2.45) is 5.41 Å². The Morgan fingerprint density at radius 2 is 2.29 bits per heavy atom. The first-order valence-corrected chi connectivity index (χ1v) is 4.43. The van der Waals surface area contributed by atoms with E-state index in [4.69, 9.17) is 0 Å². The Morgan fingerprint density at radius 3 is 2.29 bits per heavy atom. The first-order chi connectivity index (χ1) is 3.19. The zero-order chi connectivity index (χ0) is 5.49. The highest BCUT2D eigenvalue weighted by Gasteiger charge is 2.47. The van der Waals surface area contributed by atoms with Gasteiger partial charge in [0, 0.05) is 10.2 Å². The van der Waals surface area contributed by atoms with E-state index in [0.717, 1.165) is 10.2 Å². The topological polar surface area (TPSA) is 0 Å². The third-order valence-corrected chi connectivity index (χ3v) is 4.26. The lowest BCUT2D eigenvalue weighted by Gasteiger charge is -1.98. The molecule has 0 saturated heterocycles. The summed E-state index contributed by atoms with van der Waals surface area (Å²) in [6, 6.07) is 0. The first kappa shape index (κ1) is 6.09. The molecule has 0 heterocycles. The number of hydrogen-bond donors (Lipinski definition) is 0. The molecule has 2 heteroatoms. The summed E-state index contributed by atoms with van der Waals surface area (Å²) in [6.45, 7) is 2.28. The molecule has 7 heavy (non-hydrogen) atoms. The standard InChI is InChI=1S/C5H8Br2/c1-5(3-6)2-4(5)7/h4H,2-3H2,1H3/t4-,5+/m1/s1. The van der Waals surface area contributed by atoms with Gasteiger partial charge in [-0.25, -0.2) is 0 Å². The van der Waals surface area contributed by atoms with Crippen molar-refractivity contribution in [3.63, 3.8) is 0 Å². The van der Waals surface area contributed by atoms with Crippen LogP contribution in [-0.4, -0.2) is 10.2 Å². The second-order valence-corrected chi connectivity index (χ2v) is 4.13. The van der Waals surface area contributed by atoms with Crippen LogP contribution in [0.3, 0.4) is 0 Å². The fraction of sp³-hybridized carbons (Fsp3) is 1.00. The van der Waals surface area contributed by atoms with Crippen molar-refractivity contribution in [1.82, 2.24) is 0 Å². The van der Waals surface area contributed by atoms with Crippen LogP contribution in [0.2, 0.25) is 0 Å². The molecule has 0 nitrogen and oxygen atoms in total. The fourth-order valence-corrected chi connectivity index (χ4v) is 2.44. The summed E-state index contributed by atoms with van der Waals surface area (Å²) >= 11 is 6.98. The van der Waals surface area contributed by atoms with Crippen LogP contribution >= 0.6 is 31.9 Å². The van der Waals surface area contributed by atoms with Crippen LogP contribution < -0.4 is 0 Å². The third kappa shape index (κ3) is 1.02. The van der Waals surface area contributed by atoms with Gasteiger partial charge in [-0.3, -0.25) is 0 Å². The van der Waals surface area contributed by atoms with Crippen molar-refractivity contribution in [2.45, 2.75) is 18.2 Å². The van der Waals surface area contributed by atoms with Crippen molar-refractivity contribution in [3.05, 3.63) is 0 Å². The summed E-state index contributed by atoms with van der Waals surface area (Å²) < 4.78 is 0. The van der Waals surface area contributed by atoms with E-state index < -0.39 is 0 Å². The lowest BCUT2D eigenvalue weighted by molar-refractivity contribution is 0.679. The highest BCUT2D eigenvalue weighted by Crippen LogP contribution is 2.51. The fourth-order valence-electron chi connectivity index (χ4n) is 0.489. The van der Waals surface area contributed by atoms with E-state index in [0.29, 0.717) is 5.41 Å². The minimum atomic E-state index is 0.583. The maximum atomic E-state index is 3.53. The van der Waals surface area contributed by atoms with Gasteiger partial charge in [0.1, 0.15) is 0 Å². The molecule has 0 spiro atoms. The molecular formula is C5H8Br2. The molecule has 0 aromatic rings. The molecule has 0 radical (unpaired) electrons. The molecule has 1 fully saturated rings. The van der Waals surface area contributed by atoms with Crippen LogP contribution in [0.25, 0.3) is 0 Å². The normalized spacial score (nSPS) is 49.3. The van der Waals surface area contributed by atoms with Crippen LogP contribution in [0.5, 0.6) is 0 Å². The van der Waals surface area contributed by atoms with Gasteiger partial charge in [0.25, 0.3) is 0 Å². The SMILES string of the molecule is C[C@@]1(CBr)C[C@H]1Br. The Morgan fingerprint density at radius 1 is 1.86 bits per heavy atom. The predicted octanol–water partition coefficient (Wildman–Crippen LogP) is 2.55. The molecule has 1 rings (SSSR count). The molecule has 0 aliphatic heterocycles. The molecule has 1 saturated carbocycles. The molecule has 0 amide bonds. The van der Waals surface area contributed by atoms with Gasteiger partial charge in [0.2, 0.25) is 0 Å². The number of alkyl halides is 2. The quantitative estimate of drug-likeness (QED) is 0.605. The lowest BCUT2D eigenvalue weighted by atomic mass is 10.2. The van der Waals surface area contributed by atoms with Gasteiger partial charge in [-0.15, -0.1) is 0 Å². The second kappa shape index (κ2) is 1.73. The van der Waals surface area contributed by atoms with Gasteiger partial charge in [-0.1, -0.05) is 38.8 Å². The van der Waals surface area contributed by atoms with Crippen molar-refractivity contribution in [2.75, 3.05) is 5.33 Å². The Hall–Kier alpha value is 0.960. The monoisotopic (exact) mass is 226 g/mol. The largest absolute Gasteiger partial charge is 0.0922 e. The zero-order valence-electron chi connectivity index (χ0n) is 4.25. The van der Waals surface area contributed by atoms with E-state index in [9.17, 15) is 0 Å². The smallest absolute Gasteiger partial charge is 0.0213 e. The molecule has 0 unspecified atom stereocenters. The van der Waals surface area contributed by atoms with E-state index in [1.807, 2.05) is 0 Å². The molecule has 1 aliphatic rings. The summed E-state index contributed by atoms with van der Waals surface area (Å²) in [6.07, 6.45) is 1.33. The lowest BCUT2D eigenvalue weighted by Crippen LogP contribution is -1.96. The van der Waals surface area contributed by atoms with Gasteiger partial charge in [-0.2, -0.15) is 0 Å². The molecule has 0 aromatic heterocycles. The Bertz CT molecular complexity index is 78.1.